The van der Waals surface area contributed by atoms with Crippen LogP contribution in [0, 0.1) is 0 Å². The number of hydrogen-bond donors (Lipinski definition) is 1. The number of sulfone groups is 1. The number of amides is 2. The molecular formula is C13H22N2O4S. The molecule has 114 valence electrons. The lowest BCUT2D eigenvalue weighted by molar-refractivity contribution is -0.156. The van der Waals surface area contributed by atoms with E-state index < -0.39 is 21.4 Å². The van der Waals surface area contributed by atoms with Gasteiger partial charge in [-0.2, -0.15) is 0 Å². The van der Waals surface area contributed by atoms with Crippen molar-refractivity contribution in [3.63, 3.8) is 0 Å². The minimum atomic E-state index is -3.12. The molecule has 2 saturated heterocycles. The fourth-order valence-corrected chi connectivity index (χ4v) is 4.64. The Balaban J connectivity index is 2.32. The van der Waals surface area contributed by atoms with Crippen molar-refractivity contribution in [2.75, 3.05) is 11.5 Å². The molecule has 0 spiro atoms. The lowest BCUT2D eigenvalue weighted by atomic mass is 9.90. The number of hydrogen-bond acceptors (Lipinski definition) is 4. The van der Waals surface area contributed by atoms with Gasteiger partial charge in [-0.3, -0.25) is 9.59 Å². The van der Waals surface area contributed by atoms with Crippen LogP contribution in [0.15, 0.2) is 0 Å². The van der Waals surface area contributed by atoms with Crippen LogP contribution < -0.4 is 5.32 Å². The highest BCUT2D eigenvalue weighted by Gasteiger charge is 2.48. The van der Waals surface area contributed by atoms with Crippen LogP contribution >= 0.6 is 0 Å². The largest absolute Gasteiger partial charge is 0.340 e. The molecule has 6 nitrogen and oxygen atoms in total. The minimum absolute atomic E-state index is 0.0316. The van der Waals surface area contributed by atoms with E-state index in [1.807, 2.05) is 6.92 Å². The van der Waals surface area contributed by atoms with Gasteiger partial charge in [0.05, 0.1) is 11.5 Å². The summed E-state index contributed by atoms with van der Waals surface area (Å²) in [5.74, 6) is -0.237. The average Bonchev–Trinajstić information content (AvgIpc) is 2.36. The van der Waals surface area contributed by atoms with Gasteiger partial charge in [-0.05, 0) is 33.1 Å². The maximum atomic E-state index is 12.7. The third kappa shape index (κ3) is 2.55. The Hall–Kier alpha value is -1.11. The summed E-state index contributed by atoms with van der Waals surface area (Å²) in [5.41, 5.74) is -0.926. The number of carbonyl (C=O) groups excluding carboxylic acids is 2. The normalized spacial score (nSPS) is 37.6. The summed E-state index contributed by atoms with van der Waals surface area (Å²) in [7, 11) is -3.12. The van der Waals surface area contributed by atoms with E-state index in [0.29, 0.717) is 19.3 Å². The minimum Gasteiger partial charge on any atom is -0.340 e. The van der Waals surface area contributed by atoms with Crippen LogP contribution in [-0.2, 0) is 19.4 Å². The first-order valence-corrected chi connectivity index (χ1v) is 8.87. The fraction of sp³-hybridized carbons (Fsp3) is 0.846. The molecular weight excluding hydrogens is 280 g/mol. The van der Waals surface area contributed by atoms with Gasteiger partial charge in [0.25, 0.3) is 0 Å². The zero-order chi connectivity index (χ0) is 15.1. The van der Waals surface area contributed by atoms with E-state index in [1.54, 1.807) is 13.8 Å². The molecule has 2 amide bonds. The van der Waals surface area contributed by atoms with E-state index in [4.69, 9.17) is 0 Å². The number of rotatable bonds is 2. The zero-order valence-electron chi connectivity index (χ0n) is 12.2. The molecule has 2 rings (SSSR count). The van der Waals surface area contributed by atoms with E-state index in [9.17, 15) is 18.0 Å². The van der Waals surface area contributed by atoms with Crippen LogP contribution in [0.4, 0.5) is 0 Å². The maximum Gasteiger partial charge on any atom is 0.248 e. The summed E-state index contributed by atoms with van der Waals surface area (Å²) in [4.78, 5) is 26.2. The van der Waals surface area contributed by atoms with E-state index >= 15 is 0 Å². The second kappa shape index (κ2) is 5.02. The zero-order valence-corrected chi connectivity index (χ0v) is 13.0. The van der Waals surface area contributed by atoms with Gasteiger partial charge >= 0.3 is 0 Å². The quantitative estimate of drug-likeness (QED) is 0.783. The summed E-state index contributed by atoms with van der Waals surface area (Å²) in [6.07, 6.45) is 1.68. The third-order valence-electron chi connectivity index (χ3n) is 4.44. The van der Waals surface area contributed by atoms with Crippen molar-refractivity contribution < 1.29 is 18.0 Å². The van der Waals surface area contributed by atoms with Gasteiger partial charge in [0.2, 0.25) is 11.8 Å². The van der Waals surface area contributed by atoms with E-state index in [-0.39, 0.29) is 29.4 Å². The van der Waals surface area contributed by atoms with Crippen molar-refractivity contribution in [1.82, 2.24) is 10.2 Å². The summed E-state index contributed by atoms with van der Waals surface area (Å²) in [6, 6.07) is -0.992. The highest BCUT2D eigenvalue weighted by molar-refractivity contribution is 7.91. The summed E-state index contributed by atoms with van der Waals surface area (Å²) < 4.78 is 23.6. The molecule has 0 aliphatic carbocycles. The summed E-state index contributed by atoms with van der Waals surface area (Å²) in [5, 5.41) is 2.75. The molecule has 20 heavy (non-hydrogen) atoms. The first-order chi connectivity index (χ1) is 9.20. The predicted molar refractivity (Wildman–Crippen MR) is 74.8 cm³/mol. The van der Waals surface area contributed by atoms with Crippen molar-refractivity contribution in [3.8, 4) is 0 Å². The van der Waals surface area contributed by atoms with Crippen molar-refractivity contribution in [2.45, 2.75) is 57.7 Å². The van der Waals surface area contributed by atoms with Gasteiger partial charge in [0.1, 0.15) is 11.6 Å². The molecule has 0 aromatic heterocycles. The van der Waals surface area contributed by atoms with Gasteiger partial charge in [-0.1, -0.05) is 6.92 Å². The molecule has 1 N–H and O–H groups in total. The second-order valence-electron chi connectivity index (χ2n) is 5.97. The third-order valence-corrected chi connectivity index (χ3v) is 6.25. The van der Waals surface area contributed by atoms with Gasteiger partial charge in [0, 0.05) is 6.04 Å². The van der Waals surface area contributed by atoms with Crippen LogP contribution in [0.2, 0.25) is 0 Å². The molecule has 2 heterocycles. The Kier molecular flexibility index (Phi) is 3.83. The van der Waals surface area contributed by atoms with Crippen LogP contribution in [0.1, 0.15) is 40.0 Å². The van der Waals surface area contributed by atoms with Crippen molar-refractivity contribution in [3.05, 3.63) is 0 Å². The Labute approximate surface area is 119 Å². The van der Waals surface area contributed by atoms with Gasteiger partial charge in [0.15, 0.2) is 9.84 Å². The van der Waals surface area contributed by atoms with Gasteiger partial charge in [-0.25, -0.2) is 8.42 Å². The first-order valence-electron chi connectivity index (χ1n) is 7.05. The number of piperazine rings is 1. The average molecular weight is 302 g/mol. The molecule has 7 heteroatoms. The predicted octanol–water partition coefficient (Wildman–Crippen LogP) is 0.0792. The molecule has 0 radical (unpaired) electrons. The summed E-state index contributed by atoms with van der Waals surface area (Å²) in [6.45, 7) is 5.19. The smallest absolute Gasteiger partial charge is 0.248 e. The standard InChI is InChI=1S/C13H22N2O4S/c1-4-13(3)12(17)15(9(2)11(16)14-13)10-6-5-7-20(18,19)8-10/h9-10H,4-8H2,1-3H3,(H,14,16). The monoisotopic (exact) mass is 302 g/mol. The molecule has 0 aromatic rings. The Bertz CT molecular complexity index is 530. The molecule has 3 unspecified atom stereocenters. The van der Waals surface area contributed by atoms with Crippen molar-refractivity contribution in [2.24, 2.45) is 0 Å². The molecule has 0 bridgehead atoms. The fourth-order valence-electron chi connectivity index (χ4n) is 2.96. The number of nitrogens with one attached hydrogen (secondary N) is 1. The lowest BCUT2D eigenvalue weighted by Gasteiger charge is -2.47. The maximum absolute atomic E-state index is 12.7. The van der Waals surface area contributed by atoms with Crippen LogP contribution in [0.5, 0.6) is 0 Å². The Morgan fingerprint density at radius 1 is 1.40 bits per heavy atom. The molecule has 0 aromatic carbocycles. The molecule has 3 atom stereocenters. The van der Waals surface area contributed by atoms with Crippen LogP contribution in [-0.4, -0.2) is 54.3 Å². The van der Waals surface area contributed by atoms with Gasteiger partial charge < -0.3 is 10.2 Å². The molecule has 2 aliphatic heterocycles. The SMILES string of the molecule is CCC1(C)NC(=O)C(C)N(C2CCCS(=O)(=O)C2)C1=O. The van der Waals surface area contributed by atoms with E-state index in [2.05, 4.69) is 5.32 Å². The van der Waals surface area contributed by atoms with Gasteiger partial charge in [-0.15, -0.1) is 0 Å². The van der Waals surface area contributed by atoms with Crippen LogP contribution in [0.3, 0.4) is 0 Å². The number of carbonyl (C=O) groups is 2. The van der Waals surface area contributed by atoms with Crippen molar-refractivity contribution >= 4 is 21.7 Å². The second-order valence-corrected chi connectivity index (χ2v) is 8.20. The number of nitrogens with zero attached hydrogens (tertiary/aromatic N) is 1. The highest BCUT2D eigenvalue weighted by Crippen LogP contribution is 2.27. The van der Waals surface area contributed by atoms with Crippen molar-refractivity contribution in [1.29, 1.82) is 0 Å². The lowest BCUT2D eigenvalue weighted by Crippen LogP contribution is -2.71. The van der Waals surface area contributed by atoms with Crippen LogP contribution in [0.25, 0.3) is 0 Å². The Morgan fingerprint density at radius 3 is 2.60 bits per heavy atom. The van der Waals surface area contributed by atoms with E-state index in [0.717, 1.165) is 0 Å². The topological polar surface area (TPSA) is 83.6 Å². The molecule has 2 aliphatic rings. The molecule has 2 fully saturated rings. The highest BCUT2D eigenvalue weighted by atomic mass is 32.2. The first kappa shape index (κ1) is 15.3. The Morgan fingerprint density at radius 2 is 2.05 bits per heavy atom. The van der Waals surface area contributed by atoms with E-state index in [1.165, 1.54) is 4.90 Å². The summed E-state index contributed by atoms with van der Waals surface area (Å²) >= 11 is 0. The molecule has 0 saturated carbocycles.